The molecule has 4 rings (SSSR count). The summed E-state index contributed by atoms with van der Waals surface area (Å²) in [6, 6.07) is 7.90. The topological polar surface area (TPSA) is 69.6 Å². The minimum atomic E-state index is -0.852. The number of hydrogen-bond donors (Lipinski definition) is 1. The Morgan fingerprint density at radius 1 is 1.04 bits per heavy atom. The molecule has 0 bridgehead atoms. The minimum Gasteiger partial charge on any atom is -0.465 e. The summed E-state index contributed by atoms with van der Waals surface area (Å²) < 4.78 is 0. The van der Waals surface area contributed by atoms with Gasteiger partial charge in [0.25, 0.3) is 0 Å². The molecule has 0 aliphatic carbocycles. The Bertz CT molecular complexity index is 736. The fourth-order valence-electron chi connectivity index (χ4n) is 3.42. The van der Waals surface area contributed by atoms with Gasteiger partial charge in [-0.15, -0.1) is 0 Å². The van der Waals surface area contributed by atoms with Gasteiger partial charge in [0.05, 0.1) is 16.7 Å². The molecular weight excluding hydrogens is 292 g/mol. The van der Waals surface area contributed by atoms with Gasteiger partial charge in [0.15, 0.2) is 5.82 Å². The Labute approximate surface area is 134 Å². The lowest BCUT2D eigenvalue weighted by atomic mass is 9.95. The highest BCUT2D eigenvalue weighted by atomic mass is 16.4. The lowest BCUT2D eigenvalue weighted by molar-refractivity contribution is 0.104. The van der Waals surface area contributed by atoms with E-state index in [-0.39, 0.29) is 5.92 Å². The summed E-state index contributed by atoms with van der Waals surface area (Å²) in [6.45, 7) is 3.05. The summed E-state index contributed by atoms with van der Waals surface area (Å²) in [6.07, 6.45) is 2.78. The zero-order valence-electron chi connectivity index (χ0n) is 13.0. The van der Waals surface area contributed by atoms with E-state index < -0.39 is 6.09 Å². The van der Waals surface area contributed by atoms with Crippen LogP contribution in [0.25, 0.3) is 11.0 Å². The van der Waals surface area contributed by atoms with E-state index in [0.29, 0.717) is 13.1 Å². The van der Waals surface area contributed by atoms with Gasteiger partial charge in [-0.25, -0.2) is 14.8 Å². The van der Waals surface area contributed by atoms with Crippen molar-refractivity contribution in [2.75, 3.05) is 31.1 Å². The number of piperidine rings is 1. The van der Waals surface area contributed by atoms with Crippen LogP contribution in [0.5, 0.6) is 0 Å². The fraction of sp³-hybridized carbons (Fsp3) is 0.471. The lowest BCUT2D eigenvalue weighted by Crippen LogP contribution is -2.48. The molecule has 0 spiro atoms. The molecule has 1 aromatic heterocycles. The molecule has 23 heavy (non-hydrogen) atoms. The average Bonchev–Trinajstić information content (AvgIpc) is 2.53. The Balaban J connectivity index is 1.72. The van der Waals surface area contributed by atoms with Crippen molar-refractivity contribution in [2.24, 2.45) is 0 Å². The molecule has 6 nitrogen and oxygen atoms in total. The highest BCUT2D eigenvalue weighted by Gasteiger charge is 2.35. The van der Waals surface area contributed by atoms with Gasteiger partial charge in [0, 0.05) is 32.1 Å². The predicted octanol–water partition coefficient (Wildman–Crippen LogP) is 2.70. The minimum absolute atomic E-state index is 0.153. The number of para-hydroxylation sites is 2. The standard InChI is InChI=1S/C17H20N4O2/c22-17(23)21-10-12(11-21)15-16(20-8-4-1-5-9-20)19-14-7-3-2-6-13(14)18-15/h2-3,6-7,12H,1,4-5,8-11H2,(H,22,23). The van der Waals surface area contributed by atoms with E-state index in [2.05, 4.69) is 4.90 Å². The highest BCUT2D eigenvalue weighted by molar-refractivity contribution is 5.77. The Morgan fingerprint density at radius 3 is 2.35 bits per heavy atom. The second kappa shape index (κ2) is 5.68. The number of benzene rings is 1. The van der Waals surface area contributed by atoms with Crippen LogP contribution in [-0.2, 0) is 0 Å². The first-order valence-corrected chi connectivity index (χ1v) is 8.22. The normalized spacial score (nSPS) is 19.0. The SMILES string of the molecule is O=C(O)N1CC(c2nc3ccccc3nc2N2CCCCC2)C1. The van der Waals surface area contributed by atoms with Crippen molar-refractivity contribution in [3.8, 4) is 0 Å². The monoisotopic (exact) mass is 312 g/mol. The summed E-state index contributed by atoms with van der Waals surface area (Å²) in [7, 11) is 0. The fourth-order valence-corrected chi connectivity index (χ4v) is 3.42. The maximum Gasteiger partial charge on any atom is 0.407 e. The molecule has 120 valence electrons. The number of nitrogens with zero attached hydrogens (tertiary/aromatic N) is 4. The molecule has 1 N–H and O–H groups in total. The number of anilines is 1. The molecule has 3 heterocycles. The van der Waals surface area contributed by atoms with Crippen LogP contribution in [-0.4, -0.2) is 52.2 Å². The third-order valence-corrected chi connectivity index (χ3v) is 4.77. The van der Waals surface area contributed by atoms with Gasteiger partial charge < -0.3 is 14.9 Å². The number of amides is 1. The number of likely N-dealkylation sites (tertiary alicyclic amines) is 1. The summed E-state index contributed by atoms with van der Waals surface area (Å²) in [5.74, 6) is 1.11. The second-order valence-corrected chi connectivity index (χ2v) is 6.35. The van der Waals surface area contributed by atoms with Crippen molar-refractivity contribution in [2.45, 2.75) is 25.2 Å². The molecular formula is C17H20N4O2. The van der Waals surface area contributed by atoms with Gasteiger partial charge in [-0.05, 0) is 31.4 Å². The van der Waals surface area contributed by atoms with E-state index >= 15 is 0 Å². The Hall–Kier alpha value is -2.37. The zero-order valence-corrected chi connectivity index (χ0v) is 13.0. The van der Waals surface area contributed by atoms with E-state index in [1.807, 2.05) is 24.3 Å². The Kier molecular flexibility index (Phi) is 3.52. The summed E-state index contributed by atoms with van der Waals surface area (Å²) in [5, 5.41) is 9.07. The van der Waals surface area contributed by atoms with Crippen LogP contribution in [0.1, 0.15) is 30.9 Å². The van der Waals surface area contributed by atoms with Crippen LogP contribution in [0.2, 0.25) is 0 Å². The van der Waals surface area contributed by atoms with Crippen molar-refractivity contribution >= 4 is 22.9 Å². The molecule has 2 aromatic rings. The van der Waals surface area contributed by atoms with Crippen molar-refractivity contribution in [3.05, 3.63) is 30.0 Å². The molecule has 2 fully saturated rings. The molecule has 1 aromatic carbocycles. The molecule has 6 heteroatoms. The largest absolute Gasteiger partial charge is 0.465 e. The van der Waals surface area contributed by atoms with E-state index in [1.54, 1.807) is 0 Å². The number of hydrogen-bond acceptors (Lipinski definition) is 4. The molecule has 0 saturated carbocycles. The first-order chi connectivity index (χ1) is 11.2. The number of carbonyl (C=O) groups is 1. The summed E-state index contributed by atoms with van der Waals surface area (Å²) in [5.41, 5.74) is 2.76. The first-order valence-electron chi connectivity index (χ1n) is 8.22. The van der Waals surface area contributed by atoms with Crippen LogP contribution >= 0.6 is 0 Å². The van der Waals surface area contributed by atoms with Gasteiger partial charge in [0.1, 0.15) is 0 Å². The zero-order chi connectivity index (χ0) is 15.8. The van der Waals surface area contributed by atoms with Crippen molar-refractivity contribution in [1.82, 2.24) is 14.9 Å². The third kappa shape index (κ3) is 2.58. The van der Waals surface area contributed by atoms with Crippen molar-refractivity contribution in [1.29, 1.82) is 0 Å². The van der Waals surface area contributed by atoms with E-state index in [1.165, 1.54) is 24.2 Å². The molecule has 0 atom stereocenters. The maximum atomic E-state index is 11.0. The maximum absolute atomic E-state index is 11.0. The van der Waals surface area contributed by atoms with E-state index in [9.17, 15) is 4.79 Å². The molecule has 0 unspecified atom stereocenters. The van der Waals surface area contributed by atoms with E-state index in [0.717, 1.165) is 35.6 Å². The summed E-state index contributed by atoms with van der Waals surface area (Å²) >= 11 is 0. The van der Waals surface area contributed by atoms with Crippen molar-refractivity contribution in [3.63, 3.8) is 0 Å². The van der Waals surface area contributed by atoms with Gasteiger partial charge >= 0.3 is 6.09 Å². The average molecular weight is 312 g/mol. The van der Waals surface area contributed by atoms with Gasteiger partial charge in [-0.2, -0.15) is 0 Å². The van der Waals surface area contributed by atoms with Crippen LogP contribution in [0.3, 0.4) is 0 Å². The number of rotatable bonds is 2. The van der Waals surface area contributed by atoms with Crippen LogP contribution in [0.4, 0.5) is 10.6 Å². The van der Waals surface area contributed by atoms with Crippen LogP contribution in [0.15, 0.2) is 24.3 Å². The molecule has 2 aliphatic rings. The summed E-state index contributed by atoms with van der Waals surface area (Å²) in [4.78, 5) is 24.5. The van der Waals surface area contributed by atoms with Crippen LogP contribution < -0.4 is 4.90 Å². The number of carboxylic acid groups (broad SMARTS) is 1. The molecule has 2 saturated heterocycles. The Morgan fingerprint density at radius 2 is 1.70 bits per heavy atom. The quantitative estimate of drug-likeness (QED) is 0.923. The third-order valence-electron chi connectivity index (χ3n) is 4.77. The van der Waals surface area contributed by atoms with E-state index in [4.69, 9.17) is 15.1 Å². The molecule has 2 aliphatic heterocycles. The number of aromatic nitrogens is 2. The highest BCUT2D eigenvalue weighted by Crippen LogP contribution is 2.34. The van der Waals surface area contributed by atoms with Gasteiger partial charge in [-0.3, -0.25) is 0 Å². The van der Waals surface area contributed by atoms with Gasteiger partial charge in [-0.1, -0.05) is 12.1 Å². The van der Waals surface area contributed by atoms with Crippen molar-refractivity contribution < 1.29 is 9.90 Å². The molecule has 0 radical (unpaired) electrons. The predicted molar refractivity (Wildman–Crippen MR) is 87.9 cm³/mol. The molecule has 1 amide bonds. The smallest absolute Gasteiger partial charge is 0.407 e. The second-order valence-electron chi connectivity index (χ2n) is 6.35. The first kappa shape index (κ1) is 14.2. The van der Waals surface area contributed by atoms with Gasteiger partial charge in [0.2, 0.25) is 0 Å². The van der Waals surface area contributed by atoms with Crippen LogP contribution in [0, 0.1) is 0 Å². The lowest BCUT2D eigenvalue weighted by Gasteiger charge is -2.39. The number of fused-ring (bicyclic) bond motifs is 1.